The molecule has 0 bridgehead atoms. The van der Waals surface area contributed by atoms with E-state index < -0.39 is 6.04 Å². The van der Waals surface area contributed by atoms with E-state index in [1.165, 1.54) is 0 Å². The number of nitrogens with two attached hydrogens (primary N) is 1. The van der Waals surface area contributed by atoms with Crippen molar-refractivity contribution < 1.29 is 14.4 Å². The van der Waals surface area contributed by atoms with Crippen LogP contribution < -0.4 is 11.1 Å². The van der Waals surface area contributed by atoms with Gasteiger partial charge in [-0.3, -0.25) is 10.1 Å². The summed E-state index contributed by atoms with van der Waals surface area (Å²) in [6, 6.07) is 7.47. The molecule has 0 fully saturated rings. The molecule has 0 aliphatic rings. The van der Waals surface area contributed by atoms with Gasteiger partial charge in [-0.05, 0) is 31.0 Å². The van der Waals surface area contributed by atoms with Crippen molar-refractivity contribution >= 4 is 11.8 Å². The molecule has 2 aromatic rings. The summed E-state index contributed by atoms with van der Waals surface area (Å²) in [5, 5.41) is 15.4. The third kappa shape index (κ3) is 3.56. The van der Waals surface area contributed by atoms with Crippen molar-refractivity contribution in [1.29, 1.82) is 0 Å². The number of anilines is 1. The Morgan fingerprint density at radius 3 is 2.74 bits per heavy atom. The van der Waals surface area contributed by atoms with Gasteiger partial charge >= 0.3 is 0 Å². The average molecular weight is 261 g/mol. The van der Waals surface area contributed by atoms with Gasteiger partial charge in [-0.2, -0.15) is 0 Å². The summed E-state index contributed by atoms with van der Waals surface area (Å²) in [4.78, 5) is 11.8. The molecule has 0 aliphatic carbocycles. The van der Waals surface area contributed by atoms with E-state index >= 15 is 0 Å². The predicted molar refractivity (Wildman–Crippen MR) is 69.7 cm³/mol. The van der Waals surface area contributed by atoms with Gasteiger partial charge in [0.2, 0.25) is 11.8 Å². The van der Waals surface area contributed by atoms with E-state index in [4.69, 9.17) is 15.4 Å². The van der Waals surface area contributed by atoms with Gasteiger partial charge < -0.3 is 15.4 Å². The Bertz CT molecular complexity index is 563. The zero-order valence-corrected chi connectivity index (χ0v) is 10.5. The van der Waals surface area contributed by atoms with Gasteiger partial charge in [-0.1, -0.05) is 17.3 Å². The van der Waals surface area contributed by atoms with Crippen LogP contribution in [0.25, 0.3) is 0 Å². The summed E-state index contributed by atoms with van der Waals surface area (Å²) >= 11 is 0. The van der Waals surface area contributed by atoms with Crippen LogP contribution in [0.4, 0.5) is 5.88 Å². The van der Waals surface area contributed by atoms with Gasteiger partial charge in [0.25, 0.3) is 0 Å². The lowest BCUT2D eigenvalue weighted by atomic mass is 10.1. The largest absolute Gasteiger partial charge is 0.508 e. The summed E-state index contributed by atoms with van der Waals surface area (Å²) < 4.78 is 4.88. The SMILES string of the molecule is Cc1cc(NC(=O)[C@@H](N)Cc2ccc(O)cc2)on1. The Morgan fingerprint density at radius 2 is 2.16 bits per heavy atom. The van der Waals surface area contributed by atoms with Gasteiger partial charge in [0.15, 0.2) is 0 Å². The molecule has 6 nitrogen and oxygen atoms in total. The molecule has 100 valence electrons. The highest BCUT2D eigenvalue weighted by Crippen LogP contribution is 2.12. The van der Waals surface area contributed by atoms with Gasteiger partial charge in [-0.25, -0.2) is 0 Å². The van der Waals surface area contributed by atoms with Crippen LogP contribution in [0.2, 0.25) is 0 Å². The normalized spacial score (nSPS) is 12.1. The molecule has 0 radical (unpaired) electrons. The standard InChI is InChI=1S/C13H15N3O3/c1-8-6-12(19-16-8)15-13(18)11(14)7-9-2-4-10(17)5-3-9/h2-6,11,17H,7,14H2,1H3,(H,15,18)/t11-/m0/s1. The van der Waals surface area contributed by atoms with Crippen LogP contribution in [0, 0.1) is 6.92 Å². The molecule has 0 saturated carbocycles. The lowest BCUT2D eigenvalue weighted by Crippen LogP contribution is -2.37. The maximum absolute atomic E-state index is 11.8. The summed E-state index contributed by atoms with van der Waals surface area (Å²) in [7, 11) is 0. The van der Waals surface area contributed by atoms with Crippen molar-refractivity contribution in [1.82, 2.24) is 5.16 Å². The fraction of sp³-hybridized carbons (Fsp3) is 0.231. The molecule has 1 atom stereocenters. The topological polar surface area (TPSA) is 101 Å². The number of phenolic OH excluding ortho intramolecular Hbond substituents is 1. The molecule has 2 rings (SSSR count). The molecule has 0 aliphatic heterocycles. The number of nitrogens with one attached hydrogen (secondary N) is 1. The lowest BCUT2D eigenvalue weighted by molar-refractivity contribution is -0.117. The van der Waals surface area contributed by atoms with E-state index in [2.05, 4.69) is 10.5 Å². The van der Waals surface area contributed by atoms with Crippen molar-refractivity contribution in [2.75, 3.05) is 5.32 Å². The molecule has 0 unspecified atom stereocenters. The number of nitrogens with zero attached hydrogens (tertiary/aromatic N) is 1. The number of amides is 1. The molecule has 6 heteroatoms. The third-order valence-corrected chi connectivity index (χ3v) is 2.60. The monoisotopic (exact) mass is 261 g/mol. The number of carbonyl (C=O) groups excluding carboxylic acids is 1. The first kappa shape index (κ1) is 13.1. The number of aromatic hydroxyl groups is 1. The summed E-state index contributed by atoms with van der Waals surface area (Å²) in [5.41, 5.74) is 7.36. The minimum atomic E-state index is -0.699. The molecule has 19 heavy (non-hydrogen) atoms. The summed E-state index contributed by atoms with van der Waals surface area (Å²) in [6.07, 6.45) is 0.374. The number of carbonyl (C=O) groups is 1. The summed E-state index contributed by atoms with van der Waals surface area (Å²) in [5.74, 6) is 0.117. The van der Waals surface area contributed by atoms with E-state index in [-0.39, 0.29) is 17.5 Å². The second-order valence-electron chi connectivity index (χ2n) is 4.30. The van der Waals surface area contributed by atoms with Crippen LogP contribution in [-0.2, 0) is 11.2 Å². The number of aryl methyl sites for hydroxylation is 1. The minimum absolute atomic E-state index is 0.180. The molecule has 1 amide bonds. The fourth-order valence-corrected chi connectivity index (χ4v) is 1.62. The predicted octanol–water partition coefficient (Wildman–Crippen LogP) is 1.20. The van der Waals surface area contributed by atoms with Crippen LogP contribution in [0.1, 0.15) is 11.3 Å². The van der Waals surface area contributed by atoms with Crippen LogP contribution in [0.15, 0.2) is 34.9 Å². The maximum atomic E-state index is 11.8. The van der Waals surface area contributed by atoms with Crippen molar-refractivity contribution in [3.8, 4) is 5.75 Å². The Hall–Kier alpha value is -2.34. The average Bonchev–Trinajstić information content (AvgIpc) is 2.77. The number of benzene rings is 1. The molecule has 4 N–H and O–H groups in total. The highest BCUT2D eigenvalue weighted by atomic mass is 16.5. The van der Waals surface area contributed by atoms with Crippen LogP contribution >= 0.6 is 0 Å². The van der Waals surface area contributed by atoms with Gasteiger partial charge in [0.1, 0.15) is 5.75 Å². The van der Waals surface area contributed by atoms with Crippen molar-refractivity contribution in [3.63, 3.8) is 0 Å². The number of rotatable bonds is 4. The second-order valence-corrected chi connectivity index (χ2v) is 4.30. The molecular weight excluding hydrogens is 246 g/mol. The van der Waals surface area contributed by atoms with Crippen LogP contribution in [0.3, 0.4) is 0 Å². The fourth-order valence-electron chi connectivity index (χ4n) is 1.62. The zero-order valence-electron chi connectivity index (χ0n) is 10.5. The highest BCUT2D eigenvalue weighted by Gasteiger charge is 2.16. The van der Waals surface area contributed by atoms with Crippen LogP contribution in [0.5, 0.6) is 5.75 Å². The first-order valence-corrected chi connectivity index (χ1v) is 5.82. The minimum Gasteiger partial charge on any atom is -0.508 e. The quantitative estimate of drug-likeness (QED) is 0.767. The Morgan fingerprint density at radius 1 is 1.47 bits per heavy atom. The van der Waals surface area contributed by atoms with Crippen molar-refractivity contribution in [2.45, 2.75) is 19.4 Å². The molecule has 1 aromatic carbocycles. The van der Waals surface area contributed by atoms with Gasteiger partial charge in [0, 0.05) is 6.07 Å². The number of hydrogen-bond donors (Lipinski definition) is 3. The highest BCUT2D eigenvalue weighted by molar-refractivity contribution is 5.93. The third-order valence-electron chi connectivity index (χ3n) is 2.60. The Kier molecular flexibility index (Phi) is 3.82. The van der Waals surface area contributed by atoms with Gasteiger partial charge in [-0.15, -0.1) is 0 Å². The van der Waals surface area contributed by atoms with Crippen molar-refractivity contribution in [2.24, 2.45) is 5.73 Å². The maximum Gasteiger partial charge on any atom is 0.244 e. The Balaban J connectivity index is 1.94. The molecular formula is C13H15N3O3. The Labute approximate surface area is 110 Å². The molecule has 0 spiro atoms. The molecule has 0 saturated heterocycles. The second kappa shape index (κ2) is 5.53. The first-order valence-electron chi connectivity index (χ1n) is 5.82. The van der Waals surface area contributed by atoms with E-state index in [9.17, 15) is 4.79 Å². The first-order chi connectivity index (χ1) is 9.04. The number of phenols is 1. The van der Waals surface area contributed by atoms with E-state index in [0.717, 1.165) is 5.56 Å². The van der Waals surface area contributed by atoms with Gasteiger partial charge in [0.05, 0.1) is 11.7 Å². The molecule has 1 heterocycles. The van der Waals surface area contributed by atoms with Crippen LogP contribution in [-0.4, -0.2) is 22.2 Å². The van der Waals surface area contributed by atoms with E-state index in [1.54, 1.807) is 37.3 Å². The lowest BCUT2D eigenvalue weighted by Gasteiger charge is -2.10. The molecule has 1 aromatic heterocycles. The van der Waals surface area contributed by atoms with Crippen molar-refractivity contribution in [3.05, 3.63) is 41.6 Å². The van der Waals surface area contributed by atoms with E-state index in [0.29, 0.717) is 12.1 Å². The zero-order chi connectivity index (χ0) is 13.8. The number of aromatic nitrogens is 1. The smallest absolute Gasteiger partial charge is 0.244 e. The summed E-state index contributed by atoms with van der Waals surface area (Å²) in [6.45, 7) is 1.76. The van der Waals surface area contributed by atoms with E-state index in [1.807, 2.05) is 0 Å². The number of hydrogen-bond acceptors (Lipinski definition) is 5.